The highest BCUT2D eigenvalue weighted by atomic mass is 19.4. The van der Waals surface area contributed by atoms with Crippen molar-refractivity contribution in [3.8, 4) is 11.3 Å². The molecule has 2 bridgehead atoms. The third-order valence-corrected chi connectivity index (χ3v) is 6.81. The Bertz CT molecular complexity index is 941. The van der Waals surface area contributed by atoms with Gasteiger partial charge in [0.2, 0.25) is 0 Å². The van der Waals surface area contributed by atoms with E-state index in [1.807, 2.05) is 10.7 Å². The summed E-state index contributed by atoms with van der Waals surface area (Å²) >= 11 is 0. The number of rotatable bonds is 4. The van der Waals surface area contributed by atoms with Gasteiger partial charge in [0.15, 0.2) is 0 Å². The highest BCUT2D eigenvalue weighted by Gasteiger charge is 2.50. The molecule has 3 aliphatic heterocycles. The highest BCUT2D eigenvalue weighted by Crippen LogP contribution is 2.53. The second kappa shape index (κ2) is 6.95. The van der Waals surface area contributed by atoms with Crippen molar-refractivity contribution in [1.29, 1.82) is 0 Å². The average Bonchev–Trinajstić information content (AvgIpc) is 3.04. The first-order valence-corrected chi connectivity index (χ1v) is 10.5. The summed E-state index contributed by atoms with van der Waals surface area (Å²) in [4.78, 5) is 6.31. The summed E-state index contributed by atoms with van der Waals surface area (Å²) in [6.07, 6.45) is -1.97. The van der Waals surface area contributed by atoms with E-state index in [4.69, 9.17) is 10.5 Å². The lowest BCUT2D eigenvalue weighted by molar-refractivity contribution is -0.137. The van der Waals surface area contributed by atoms with Crippen molar-refractivity contribution in [2.75, 3.05) is 32.0 Å². The Morgan fingerprint density at radius 1 is 1.17 bits per heavy atom. The lowest BCUT2D eigenvalue weighted by Crippen LogP contribution is -2.61. The number of alkyl halides is 3. The van der Waals surface area contributed by atoms with Gasteiger partial charge < -0.3 is 10.5 Å². The van der Waals surface area contributed by atoms with Gasteiger partial charge in [-0.15, -0.1) is 0 Å². The van der Waals surface area contributed by atoms with Crippen LogP contribution in [-0.2, 0) is 10.9 Å². The third kappa shape index (κ3) is 3.19. The number of nitrogen functional groups attached to an aromatic ring is 1. The maximum atomic E-state index is 13.3. The van der Waals surface area contributed by atoms with Crippen LogP contribution in [0.15, 0.2) is 18.3 Å². The molecule has 2 N–H and O–H groups in total. The van der Waals surface area contributed by atoms with Gasteiger partial charge in [0.05, 0.1) is 30.5 Å². The molecule has 0 aromatic carbocycles. The van der Waals surface area contributed by atoms with Gasteiger partial charge in [0, 0.05) is 42.5 Å². The monoisotopic (exact) mass is 421 g/mol. The normalized spacial score (nSPS) is 27.2. The summed E-state index contributed by atoms with van der Waals surface area (Å²) in [5.41, 5.74) is 6.53. The summed E-state index contributed by atoms with van der Waals surface area (Å²) in [5, 5.41) is 4.68. The first-order valence-electron chi connectivity index (χ1n) is 10.5. The van der Waals surface area contributed by atoms with Gasteiger partial charge in [0.1, 0.15) is 5.82 Å². The van der Waals surface area contributed by atoms with Crippen molar-refractivity contribution in [3.05, 3.63) is 29.6 Å². The molecule has 2 unspecified atom stereocenters. The van der Waals surface area contributed by atoms with Crippen molar-refractivity contribution in [1.82, 2.24) is 19.7 Å². The zero-order chi connectivity index (χ0) is 21.2. The van der Waals surface area contributed by atoms with Crippen LogP contribution >= 0.6 is 0 Å². The molecule has 3 saturated heterocycles. The molecule has 0 amide bonds. The number of fused-ring (bicyclic) bond motifs is 2. The summed E-state index contributed by atoms with van der Waals surface area (Å²) in [7, 11) is 0. The highest BCUT2D eigenvalue weighted by molar-refractivity contribution is 5.63. The van der Waals surface area contributed by atoms with E-state index in [1.165, 1.54) is 12.6 Å². The SMILES string of the molecule is CC(C)n1nc(-c2cnc(N)c(C(F)(F)F)c2)cc1C1C2CC1CN(C1COC1)C2. The van der Waals surface area contributed by atoms with Gasteiger partial charge >= 0.3 is 6.18 Å². The lowest BCUT2D eigenvalue weighted by atomic mass is 9.60. The predicted octanol–water partition coefficient (Wildman–Crippen LogP) is 3.56. The molecule has 1 aliphatic carbocycles. The lowest BCUT2D eigenvalue weighted by Gasteiger charge is -2.56. The fourth-order valence-electron chi connectivity index (χ4n) is 5.19. The molecule has 9 heteroatoms. The first kappa shape index (κ1) is 19.8. The Hall–Kier alpha value is -2.13. The number of hydrogen-bond donors (Lipinski definition) is 1. The maximum absolute atomic E-state index is 13.3. The van der Waals surface area contributed by atoms with Crippen LogP contribution in [0.1, 0.15) is 43.5 Å². The molecule has 162 valence electrons. The molecule has 2 aromatic heterocycles. The largest absolute Gasteiger partial charge is 0.419 e. The number of hydrogen-bond acceptors (Lipinski definition) is 5. The van der Waals surface area contributed by atoms with E-state index in [9.17, 15) is 13.2 Å². The minimum Gasteiger partial charge on any atom is -0.383 e. The van der Waals surface area contributed by atoms with Crippen LogP contribution in [0.5, 0.6) is 0 Å². The quantitative estimate of drug-likeness (QED) is 0.818. The number of nitrogens with zero attached hydrogens (tertiary/aromatic N) is 4. The summed E-state index contributed by atoms with van der Waals surface area (Å²) in [5.74, 6) is 1.00. The van der Waals surface area contributed by atoms with Crippen molar-refractivity contribution >= 4 is 5.82 Å². The summed E-state index contributed by atoms with van der Waals surface area (Å²) < 4.78 is 47.2. The van der Waals surface area contributed by atoms with Gasteiger partial charge in [0.25, 0.3) is 0 Å². The Morgan fingerprint density at radius 2 is 1.87 bits per heavy atom. The van der Waals surface area contributed by atoms with Crippen LogP contribution in [0.2, 0.25) is 0 Å². The minimum atomic E-state index is -4.55. The zero-order valence-electron chi connectivity index (χ0n) is 17.1. The van der Waals surface area contributed by atoms with Crippen molar-refractivity contribution in [3.63, 3.8) is 0 Å². The van der Waals surface area contributed by atoms with Crippen LogP contribution in [0.25, 0.3) is 11.3 Å². The van der Waals surface area contributed by atoms with Crippen molar-refractivity contribution in [2.24, 2.45) is 11.8 Å². The van der Waals surface area contributed by atoms with Gasteiger partial charge in [-0.25, -0.2) is 4.98 Å². The fraction of sp³-hybridized carbons (Fsp3) is 0.619. The molecule has 4 fully saturated rings. The van der Waals surface area contributed by atoms with E-state index in [0.717, 1.165) is 38.1 Å². The molecule has 0 radical (unpaired) electrons. The fourth-order valence-corrected chi connectivity index (χ4v) is 5.19. The molecular formula is C21H26F3N5O. The first-order chi connectivity index (χ1) is 14.2. The van der Waals surface area contributed by atoms with Gasteiger partial charge in [-0.1, -0.05) is 0 Å². The molecular weight excluding hydrogens is 395 g/mol. The third-order valence-electron chi connectivity index (χ3n) is 6.81. The van der Waals surface area contributed by atoms with E-state index in [2.05, 4.69) is 28.8 Å². The van der Waals surface area contributed by atoms with E-state index >= 15 is 0 Å². The van der Waals surface area contributed by atoms with Crippen LogP contribution in [-0.4, -0.2) is 52.0 Å². The van der Waals surface area contributed by atoms with Gasteiger partial charge in [-0.05, 0) is 44.2 Å². The van der Waals surface area contributed by atoms with Crippen LogP contribution in [0.4, 0.5) is 19.0 Å². The van der Waals surface area contributed by atoms with E-state index in [0.29, 0.717) is 35.1 Å². The van der Waals surface area contributed by atoms with Gasteiger partial charge in [-0.3, -0.25) is 9.58 Å². The molecule has 30 heavy (non-hydrogen) atoms. The number of aromatic nitrogens is 3. The minimum absolute atomic E-state index is 0.120. The number of nitrogens with two attached hydrogens (primary N) is 1. The number of anilines is 1. The Morgan fingerprint density at radius 3 is 2.43 bits per heavy atom. The molecule has 1 saturated carbocycles. The second-order valence-electron chi connectivity index (χ2n) is 9.07. The molecule has 4 aliphatic rings. The average molecular weight is 421 g/mol. The Kier molecular flexibility index (Phi) is 4.59. The molecule has 6 nitrogen and oxygen atoms in total. The van der Waals surface area contributed by atoms with Crippen LogP contribution in [0, 0.1) is 11.8 Å². The van der Waals surface area contributed by atoms with Crippen molar-refractivity contribution in [2.45, 2.75) is 44.4 Å². The molecule has 0 spiro atoms. The number of piperidine rings is 2. The standard InChI is InChI=1S/C21H26F3N5O/c1-11(2)29-18(19-13-3-14(19)8-28(7-13)15-9-30-10-15)5-17(27-29)12-4-16(21(22,23)24)20(25)26-6-12/h4-6,11,13-15,19H,3,7-10H2,1-2H3,(H2,25,26). The van der Waals surface area contributed by atoms with Crippen LogP contribution in [0.3, 0.4) is 0 Å². The smallest absolute Gasteiger partial charge is 0.383 e. The predicted molar refractivity (Wildman–Crippen MR) is 106 cm³/mol. The zero-order valence-corrected chi connectivity index (χ0v) is 17.1. The molecule has 6 rings (SSSR count). The summed E-state index contributed by atoms with van der Waals surface area (Å²) in [6, 6.07) is 3.68. The topological polar surface area (TPSA) is 69.2 Å². The summed E-state index contributed by atoms with van der Waals surface area (Å²) in [6.45, 7) is 7.85. The van der Waals surface area contributed by atoms with E-state index in [-0.39, 0.29) is 6.04 Å². The van der Waals surface area contributed by atoms with Crippen molar-refractivity contribution < 1.29 is 17.9 Å². The number of pyridine rings is 1. The number of ether oxygens (including phenoxy) is 1. The molecule has 2 atom stereocenters. The van der Waals surface area contributed by atoms with Crippen LogP contribution < -0.4 is 5.73 Å². The van der Waals surface area contributed by atoms with Gasteiger partial charge in [-0.2, -0.15) is 18.3 Å². The Labute approximate surface area is 173 Å². The second-order valence-corrected chi connectivity index (χ2v) is 9.07. The maximum Gasteiger partial charge on any atom is 0.419 e. The Balaban J connectivity index is 1.46. The van der Waals surface area contributed by atoms with E-state index < -0.39 is 17.6 Å². The van der Waals surface area contributed by atoms with E-state index in [1.54, 1.807) is 0 Å². The molecule has 5 heterocycles. The number of halogens is 3. The molecule has 2 aromatic rings.